The van der Waals surface area contributed by atoms with Crippen LogP contribution in [0.4, 0.5) is 16.2 Å². The fourth-order valence-corrected chi connectivity index (χ4v) is 6.70. The molecule has 270 valence electrons. The average molecular weight is 704 g/mol. The first kappa shape index (κ1) is 36.3. The number of H-pyrrole nitrogens is 1. The van der Waals surface area contributed by atoms with E-state index in [0.29, 0.717) is 61.1 Å². The molecule has 1 atom stereocenters. The summed E-state index contributed by atoms with van der Waals surface area (Å²) in [5.41, 5.74) is 5.06. The minimum absolute atomic E-state index is 0.0494. The zero-order valence-electron chi connectivity index (χ0n) is 29.3. The number of pyridine rings is 1. The number of aromatic nitrogens is 1. The van der Waals surface area contributed by atoms with E-state index in [2.05, 4.69) is 20.5 Å². The lowest BCUT2D eigenvalue weighted by molar-refractivity contribution is -0.119. The number of phenols is 1. The first-order valence-corrected chi connectivity index (χ1v) is 17.8. The van der Waals surface area contributed by atoms with Gasteiger partial charge in [0.25, 0.3) is 0 Å². The van der Waals surface area contributed by atoms with Gasteiger partial charge < -0.3 is 35.1 Å². The number of ether oxygens (including phenoxy) is 1. The van der Waals surface area contributed by atoms with Crippen molar-refractivity contribution >= 4 is 34.3 Å². The molecular weight excluding hydrogens is 658 g/mol. The third-order valence-electron chi connectivity index (χ3n) is 9.50. The molecule has 1 aliphatic rings. The Bertz CT molecular complexity index is 2030. The third-order valence-corrected chi connectivity index (χ3v) is 9.50. The minimum atomic E-state index is -0.854. The monoisotopic (exact) mass is 703 g/mol. The maximum absolute atomic E-state index is 13.3. The maximum Gasteiger partial charge on any atom is 0.411 e. The quantitative estimate of drug-likeness (QED) is 0.0978. The topological polar surface area (TPSA) is 147 Å². The molecular formula is C41H45N5O6. The molecule has 2 heterocycles. The van der Waals surface area contributed by atoms with Gasteiger partial charge in [-0.15, -0.1) is 0 Å². The number of hydrogen-bond acceptors (Lipinski definition) is 8. The highest BCUT2D eigenvalue weighted by atomic mass is 16.6. The fourth-order valence-electron chi connectivity index (χ4n) is 6.70. The summed E-state index contributed by atoms with van der Waals surface area (Å²) >= 11 is 0. The lowest BCUT2D eigenvalue weighted by Gasteiger charge is -2.32. The summed E-state index contributed by atoms with van der Waals surface area (Å²) in [6.45, 7) is 5.41. The summed E-state index contributed by atoms with van der Waals surface area (Å²) in [6.07, 6.45) is 0.303. The molecule has 0 saturated carbocycles. The molecule has 5 aromatic rings. The number of benzene rings is 4. The van der Waals surface area contributed by atoms with Crippen molar-refractivity contribution in [1.82, 2.24) is 15.2 Å². The Kier molecular flexibility index (Phi) is 12.0. The van der Waals surface area contributed by atoms with E-state index in [0.717, 1.165) is 35.5 Å². The SMILES string of the molecule is CCN(C(=O)CCN1CCC(OC(=O)Nc2ccccc2-c2ccccc2)CC1)c1ccc(CNC[C@H](O)c2ccc(O)c3[nH]c(=O)ccc23)cc1. The van der Waals surface area contributed by atoms with Crippen molar-refractivity contribution in [2.24, 2.45) is 0 Å². The molecule has 52 heavy (non-hydrogen) atoms. The van der Waals surface area contributed by atoms with Crippen LogP contribution in [0.25, 0.3) is 22.0 Å². The first-order chi connectivity index (χ1) is 25.3. The fraction of sp³-hybridized carbons (Fsp3) is 0.293. The Morgan fingerprint density at radius 2 is 1.67 bits per heavy atom. The number of carbonyl (C=O) groups excluding carboxylic acids is 2. The van der Waals surface area contributed by atoms with Crippen molar-refractivity contribution < 1.29 is 24.5 Å². The van der Waals surface area contributed by atoms with Gasteiger partial charge in [0.05, 0.1) is 17.3 Å². The molecule has 0 spiro atoms. The Labute approximate surface area is 302 Å². The van der Waals surface area contributed by atoms with Gasteiger partial charge in [0.2, 0.25) is 11.5 Å². The van der Waals surface area contributed by atoms with Gasteiger partial charge in [0.1, 0.15) is 11.9 Å². The van der Waals surface area contributed by atoms with Gasteiger partial charge >= 0.3 is 6.09 Å². The van der Waals surface area contributed by atoms with E-state index < -0.39 is 12.2 Å². The van der Waals surface area contributed by atoms with E-state index in [4.69, 9.17) is 4.74 Å². The smallest absolute Gasteiger partial charge is 0.411 e. The molecule has 6 rings (SSSR count). The number of piperidine rings is 1. The van der Waals surface area contributed by atoms with Crippen LogP contribution in [0.5, 0.6) is 5.75 Å². The van der Waals surface area contributed by atoms with Crippen LogP contribution >= 0.6 is 0 Å². The molecule has 4 aromatic carbocycles. The zero-order valence-corrected chi connectivity index (χ0v) is 29.3. The number of aromatic hydroxyl groups is 1. The van der Waals surface area contributed by atoms with Crippen LogP contribution in [0, 0.1) is 0 Å². The van der Waals surface area contributed by atoms with E-state index in [1.54, 1.807) is 17.0 Å². The van der Waals surface area contributed by atoms with Crippen molar-refractivity contribution in [2.75, 3.05) is 42.9 Å². The molecule has 1 fully saturated rings. The van der Waals surface area contributed by atoms with Crippen molar-refractivity contribution in [3.05, 3.63) is 125 Å². The molecule has 0 aliphatic carbocycles. The van der Waals surface area contributed by atoms with Crippen molar-refractivity contribution in [3.63, 3.8) is 0 Å². The molecule has 1 aromatic heterocycles. The molecule has 0 bridgehead atoms. The Balaban J connectivity index is 0.925. The van der Waals surface area contributed by atoms with Crippen LogP contribution in [0.15, 0.2) is 108 Å². The van der Waals surface area contributed by atoms with Crippen LogP contribution in [0.2, 0.25) is 0 Å². The molecule has 1 aliphatic heterocycles. The summed E-state index contributed by atoms with van der Waals surface area (Å²) in [4.78, 5) is 44.4. The molecule has 5 N–H and O–H groups in total. The van der Waals surface area contributed by atoms with Crippen molar-refractivity contribution in [1.29, 1.82) is 0 Å². The average Bonchev–Trinajstić information content (AvgIpc) is 3.16. The number of hydrogen-bond donors (Lipinski definition) is 5. The van der Waals surface area contributed by atoms with Crippen LogP contribution in [-0.4, -0.2) is 70.9 Å². The van der Waals surface area contributed by atoms with Gasteiger partial charge in [-0.2, -0.15) is 0 Å². The number of anilines is 2. The summed E-state index contributed by atoms with van der Waals surface area (Å²) in [6, 6.07) is 31.5. The molecule has 2 amide bonds. The van der Waals surface area contributed by atoms with Gasteiger partial charge in [-0.25, -0.2) is 4.79 Å². The second-order valence-electron chi connectivity index (χ2n) is 13.0. The lowest BCUT2D eigenvalue weighted by Crippen LogP contribution is -2.41. The number of aliphatic hydroxyl groups is 1. The second-order valence-corrected chi connectivity index (χ2v) is 13.0. The number of carbonyl (C=O) groups is 2. The minimum Gasteiger partial charge on any atom is -0.506 e. The molecule has 11 nitrogen and oxygen atoms in total. The Morgan fingerprint density at radius 1 is 0.942 bits per heavy atom. The predicted octanol–water partition coefficient (Wildman–Crippen LogP) is 6.18. The molecule has 11 heteroatoms. The highest BCUT2D eigenvalue weighted by molar-refractivity contribution is 5.93. The van der Waals surface area contributed by atoms with Gasteiger partial charge in [0, 0.05) is 68.4 Å². The van der Waals surface area contributed by atoms with Crippen LogP contribution in [-0.2, 0) is 16.1 Å². The maximum atomic E-state index is 13.3. The summed E-state index contributed by atoms with van der Waals surface area (Å²) < 4.78 is 5.77. The van der Waals surface area contributed by atoms with Crippen LogP contribution in [0.1, 0.15) is 43.4 Å². The summed E-state index contributed by atoms with van der Waals surface area (Å²) in [7, 11) is 0. The normalized spacial score (nSPS) is 14.2. The Morgan fingerprint density at radius 3 is 2.42 bits per heavy atom. The van der Waals surface area contributed by atoms with E-state index in [1.807, 2.05) is 85.8 Å². The number of nitrogens with zero attached hydrogens (tertiary/aromatic N) is 2. The van der Waals surface area contributed by atoms with E-state index in [1.165, 1.54) is 12.1 Å². The summed E-state index contributed by atoms with van der Waals surface area (Å²) in [5, 5.41) is 27.7. The largest absolute Gasteiger partial charge is 0.506 e. The Hall–Kier alpha value is -5.49. The number of nitrogens with one attached hydrogen (secondary N) is 3. The second kappa shape index (κ2) is 17.1. The highest BCUT2D eigenvalue weighted by Crippen LogP contribution is 2.30. The molecule has 1 saturated heterocycles. The van der Waals surface area contributed by atoms with E-state index in [9.17, 15) is 24.6 Å². The number of rotatable bonds is 13. The van der Waals surface area contributed by atoms with Gasteiger partial charge in [-0.1, -0.05) is 66.7 Å². The zero-order chi connectivity index (χ0) is 36.5. The number of aromatic amines is 1. The van der Waals surface area contributed by atoms with Crippen LogP contribution < -0.4 is 21.1 Å². The van der Waals surface area contributed by atoms with Crippen molar-refractivity contribution in [3.8, 4) is 16.9 Å². The number of amides is 2. The number of likely N-dealkylation sites (tertiary alicyclic amines) is 1. The molecule has 0 radical (unpaired) electrons. The lowest BCUT2D eigenvalue weighted by atomic mass is 10.0. The van der Waals surface area contributed by atoms with E-state index in [-0.39, 0.29) is 29.9 Å². The standard InChI is InChI=1S/C41H45N5O6/c1-2-46(30-14-12-28(13-15-30)26-42-27-37(48)33-16-18-36(47)40-34(33)17-19-38(49)44-40)39(50)22-25-45-23-20-31(21-24-45)52-41(51)43-35-11-7-6-10-32(35)29-8-4-3-5-9-29/h3-19,31,37,42,47-48H,2,20-27H2,1H3,(H,43,51)(H,44,49)/t37-/m0/s1. The molecule has 0 unspecified atom stereocenters. The van der Waals surface area contributed by atoms with Crippen molar-refractivity contribution in [2.45, 2.75) is 44.9 Å². The number of aliphatic hydroxyl groups excluding tert-OH is 1. The number of phenolic OH excluding ortho intramolecular Hbond substituents is 1. The van der Waals surface area contributed by atoms with E-state index >= 15 is 0 Å². The third kappa shape index (κ3) is 9.05. The van der Waals surface area contributed by atoms with Gasteiger partial charge in [0.15, 0.2) is 0 Å². The van der Waals surface area contributed by atoms with Crippen LogP contribution in [0.3, 0.4) is 0 Å². The van der Waals surface area contributed by atoms with Gasteiger partial charge in [-0.05, 0) is 66.8 Å². The number of para-hydroxylation sites is 1. The first-order valence-electron chi connectivity index (χ1n) is 17.8. The summed E-state index contributed by atoms with van der Waals surface area (Å²) in [5.74, 6) is 0.000462. The predicted molar refractivity (Wildman–Crippen MR) is 203 cm³/mol. The van der Waals surface area contributed by atoms with Gasteiger partial charge in [-0.3, -0.25) is 14.9 Å². The highest BCUT2D eigenvalue weighted by Gasteiger charge is 2.24. The number of fused-ring (bicyclic) bond motifs is 1.